The average molecular weight is 327 g/mol. The SMILES string of the molecule is N#CC(Nc1ccc2ccccc2c1)c1c(Cl)cccc1Cl. The molecule has 0 aliphatic rings. The maximum atomic E-state index is 9.47. The van der Waals surface area contributed by atoms with E-state index in [1.54, 1.807) is 18.2 Å². The molecule has 0 aliphatic carbocycles. The van der Waals surface area contributed by atoms with Crippen LogP contribution < -0.4 is 5.32 Å². The van der Waals surface area contributed by atoms with Gasteiger partial charge < -0.3 is 5.32 Å². The van der Waals surface area contributed by atoms with Crippen LogP contribution in [-0.4, -0.2) is 0 Å². The Kier molecular flexibility index (Phi) is 4.20. The minimum Gasteiger partial charge on any atom is -0.366 e. The van der Waals surface area contributed by atoms with E-state index in [0.29, 0.717) is 15.6 Å². The monoisotopic (exact) mass is 326 g/mol. The number of hydrogen-bond donors (Lipinski definition) is 1. The molecule has 0 aromatic heterocycles. The second kappa shape index (κ2) is 6.27. The number of benzene rings is 3. The highest BCUT2D eigenvalue weighted by Gasteiger charge is 2.17. The fraction of sp³-hybridized carbons (Fsp3) is 0.0556. The van der Waals surface area contributed by atoms with Crippen LogP contribution in [0.5, 0.6) is 0 Å². The summed E-state index contributed by atoms with van der Waals surface area (Å²) in [7, 11) is 0. The normalized spacial score (nSPS) is 11.9. The van der Waals surface area contributed by atoms with E-state index in [4.69, 9.17) is 23.2 Å². The second-order valence-electron chi connectivity index (χ2n) is 4.90. The van der Waals surface area contributed by atoms with Gasteiger partial charge in [-0.05, 0) is 35.0 Å². The molecule has 2 nitrogen and oxygen atoms in total. The van der Waals surface area contributed by atoms with Crippen LogP contribution in [-0.2, 0) is 0 Å². The van der Waals surface area contributed by atoms with Crippen molar-refractivity contribution < 1.29 is 0 Å². The van der Waals surface area contributed by atoms with E-state index < -0.39 is 6.04 Å². The molecular formula is C18H12Cl2N2. The third kappa shape index (κ3) is 2.87. The number of hydrogen-bond acceptors (Lipinski definition) is 2. The topological polar surface area (TPSA) is 35.8 Å². The Morgan fingerprint density at radius 1 is 0.864 bits per heavy atom. The van der Waals surface area contributed by atoms with Gasteiger partial charge in [0.25, 0.3) is 0 Å². The lowest BCUT2D eigenvalue weighted by Gasteiger charge is -2.16. The highest BCUT2D eigenvalue weighted by molar-refractivity contribution is 6.36. The highest BCUT2D eigenvalue weighted by Crippen LogP contribution is 2.32. The van der Waals surface area contributed by atoms with Gasteiger partial charge in [-0.15, -0.1) is 0 Å². The molecule has 0 radical (unpaired) electrons. The van der Waals surface area contributed by atoms with Crippen LogP contribution in [0.15, 0.2) is 60.7 Å². The van der Waals surface area contributed by atoms with Crippen LogP contribution in [0.2, 0.25) is 10.0 Å². The summed E-state index contributed by atoms with van der Waals surface area (Å²) >= 11 is 12.4. The minimum absolute atomic E-state index is 0.479. The molecule has 0 aliphatic heterocycles. The molecule has 3 aromatic carbocycles. The van der Waals surface area contributed by atoms with Crippen molar-refractivity contribution >= 4 is 39.7 Å². The van der Waals surface area contributed by atoms with Crippen LogP contribution >= 0.6 is 23.2 Å². The minimum atomic E-state index is -0.609. The number of halogens is 2. The molecule has 108 valence electrons. The van der Waals surface area contributed by atoms with Crippen molar-refractivity contribution in [2.24, 2.45) is 0 Å². The predicted octanol–water partition coefficient (Wildman–Crippen LogP) is 5.82. The Morgan fingerprint density at radius 3 is 2.23 bits per heavy atom. The fourth-order valence-electron chi connectivity index (χ4n) is 2.40. The lowest BCUT2D eigenvalue weighted by atomic mass is 10.1. The van der Waals surface area contributed by atoms with Gasteiger partial charge in [-0.2, -0.15) is 5.26 Å². The zero-order chi connectivity index (χ0) is 15.5. The van der Waals surface area contributed by atoms with Crippen molar-refractivity contribution in [3.8, 4) is 6.07 Å². The smallest absolute Gasteiger partial charge is 0.143 e. The number of nitrogens with one attached hydrogen (secondary N) is 1. The highest BCUT2D eigenvalue weighted by atomic mass is 35.5. The van der Waals surface area contributed by atoms with E-state index in [0.717, 1.165) is 16.5 Å². The molecule has 3 rings (SSSR count). The molecule has 3 aromatic rings. The molecule has 0 saturated carbocycles. The van der Waals surface area contributed by atoms with Gasteiger partial charge >= 0.3 is 0 Å². The van der Waals surface area contributed by atoms with Gasteiger partial charge in [-0.3, -0.25) is 0 Å². The lowest BCUT2D eigenvalue weighted by molar-refractivity contribution is 0.999. The van der Waals surface area contributed by atoms with E-state index >= 15 is 0 Å². The van der Waals surface area contributed by atoms with Crippen molar-refractivity contribution in [1.29, 1.82) is 5.26 Å². The maximum absolute atomic E-state index is 9.47. The van der Waals surface area contributed by atoms with Gasteiger partial charge in [0.05, 0.1) is 6.07 Å². The first-order valence-electron chi connectivity index (χ1n) is 6.78. The van der Waals surface area contributed by atoms with Crippen LogP contribution in [0.4, 0.5) is 5.69 Å². The summed E-state index contributed by atoms with van der Waals surface area (Å²) in [6, 6.07) is 20.9. The van der Waals surface area contributed by atoms with E-state index in [9.17, 15) is 5.26 Å². The van der Waals surface area contributed by atoms with Crippen LogP contribution in [0.1, 0.15) is 11.6 Å². The molecule has 0 amide bonds. The van der Waals surface area contributed by atoms with Crippen LogP contribution in [0, 0.1) is 11.3 Å². The van der Waals surface area contributed by atoms with Gasteiger partial charge in [0.1, 0.15) is 6.04 Å². The molecule has 1 N–H and O–H groups in total. The van der Waals surface area contributed by atoms with E-state index in [1.807, 2.05) is 42.5 Å². The van der Waals surface area contributed by atoms with Gasteiger partial charge in [-0.1, -0.05) is 59.6 Å². The van der Waals surface area contributed by atoms with Gasteiger partial charge in [-0.25, -0.2) is 0 Å². The van der Waals surface area contributed by atoms with Crippen molar-refractivity contribution in [1.82, 2.24) is 0 Å². The Hall–Kier alpha value is -2.21. The van der Waals surface area contributed by atoms with Gasteiger partial charge in [0.2, 0.25) is 0 Å². The van der Waals surface area contributed by atoms with Gasteiger partial charge in [0, 0.05) is 21.3 Å². The first-order chi connectivity index (χ1) is 10.7. The molecule has 0 spiro atoms. The quantitative estimate of drug-likeness (QED) is 0.657. The summed E-state index contributed by atoms with van der Waals surface area (Å²) in [5, 5.41) is 15.9. The Morgan fingerprint density at radius 2 is 1.55 bits per heavy atom. The zero-order valence-corrected chi connectivity index (χ0v) is 13.1. The maximum Gasteiger partial charge on any atom is 0.143 e. The summed E-state index contributed by atoms with van der Waals surface area (Å²) in [6.45, 7) is 0. The largest absolute Gasteiger partial charge is 0.366 e. The first kappa shape index (κ1) is 14.7. The second-order valence-corrected chi connectivity index (χ2v) is 5.72. The molecule has 0 saturated heterocycles. The molecule has 0 bridgehead atoms. The lowest BCUT2D eigenvalue weighted by Crippen LogP contribution is -2.09. The predicted molar refractivity (Wildman–Crippen MR) is 92.4 cm³/mol. The molecule has 0 heterocycles. The zero-order valence-electron chi connectivity index (χ0n) is 11.6. The van der Waals surface area contributed by atoms with Crippen molar-refractivity contribution in [2.45, 2.75) is 6.04 Å². The first-order valence-corrected chi connectivity index (χ1v) is 7.53. The average Bonchev–Trinajstić information content (AvgIpc) is 2.53. The molecule has 22 heavy (non-hydrogen) atoms. The van der Waals surface area contributed by atoms with Crippen molar-refractivity contribution in [3.63, 3.8) is 0 Å². The van der Waals surface area contributed by atoms with Crippen molar-refractivity contribution in [3.05, 3.63) is 76.3 Å². The standard InChI is InChI=1S/C18H12Cl2N2/c19-15-6-3-7-16(20)18(15)17(11-21)22-14-9-8-12-4-1-2-5-13(12)10-14/h1-10,17,22H. The summed E-state index contributed by atoms with van der Waals surface area (Å²) in [5.41, 5.74) is 1.45. The third-order valence-electron chi connectivity index (χ3n) is 3.48. The van der Waals surface area contributed by atoms with Crippen LogP contribution in [0.3, 0.4) is 0 Å². The third-order valence-corrected chi connectivity index (χ3v) is 4.14. The Balaban J connectivity index is 1.97. The number of nitriles is 1. The van der Waals surface area contributed by atoms with E-state index in [1.165, 1.54) is 0 Å². The number of nitrogens with zero attached hydrogens (tertiary/aromatic N) is 1. The fourth-order valence-corrected chi connectivity index (χ4v) is 3.02. The molecule has 0 fully saturated rings. The van der Waals surface area contributed by atoms with E-state index in [2.05, 4.69) is 11.4 Å². The molecule has 1 atom stereocenters. The summed E-state index contributed by atoms with van der Waals surface area (Å²) in [5.74, 6) is 0. The van der Waals surface area contributed by atoms with E-state index in [-0.39, 0.29) is 0 Å². The molecule has 1 unspecified atom stereocenters. The van der Waals surface area contributed by atoms with Gasteiger partial charge in [0.15, 0.2) is 0 Å². The Labute approximate surface area is 138 Å². The summed E-state index contributed by atoms with van der Waals surface area (Å²) in [6.07, 6.45) is 0. The molecule has 4 heteroatoms. The number of rotatable bonds is 3. The summed E-state index contributed by atoms with van der Waals surface area (Å²) < 4.78 is 0. The van der Waals surface area contributed by atoms with Crippen molar-refractivity contribution in [2.75, 3.05) is 5.32 Å². The van der Waals surface area contributed by atoms with Crippen LogP contribution in [0.25, 0.3) is 10.8 Å². The summed E-state index contributed by atoms with van der Waals surface area (Å²) in [4.78, 5) is 0. The molecular weight excluding hydrogens is 315 g/mol. The number of anilines is 1. The Bertz CT molecular complexity index is 848. The number of fused-ring (bicyclic) bond motifs is 1.